The van der Waals surface area contributed by atoms with Gasteiger partial charge in [-0.2, -0.15) is 0 Å². The van der Waals surface area contributed by atoms with E-state index < -0.39 is 0 Å². The van der Waals surface area contributed by atoms with Crippen molar-refractivity contribution in [1.82, 2.24) is 9.97 Å². The van der Waals surface area contributed by atoms with E-state index >= 15 is 0 Å². The summed E-state index contributed by atoms with van der Waals surface area (Å²) >= 11 is 0. The molecule has 1 aromatic rings. The van der Waals surface area contributed by atoms with Gasteiger partial charge in [-0.1, -0.05) is 48.5 Å². The maximum absolute atomic E-state index is 4.70. The zero-order valence-corrected chi connectivity index (χ0v) is 15.0. The fourth-order valence-electron chi connectivity index (χ4n) is 1.64. The average Bonchev–Trinajstić information content (AvgIpc) is 2.34. The van der Waals surface area contributed by atoms with Crippen LogP contribution in [-0.2, 0) is 5.41 Å². The van der Waals surface area contributed by atoms with Crippen molar-refractivity contribution in [1.29, 1.82) is 0 Å². The van der Waals surface area contributed by atoms with E-state index in [9.17, 15) is 0 Å². The summed E-state index contributed by atoms with van der Waals surface area (Å²) in [4.78, 5) is 9.35. The van der Waals surface area contributed by atoms with Crippen LogP contribution < -0.4 is 10.6 Å². The Morgan fingerprint density at radius 3 is 2.10 bits per heavy atom. The Morgan fingerprint density at radius 1 is 1.05 bits per heavy atom. The highest BCUT2D eigenvalue weighted by Crippen LogP contribution is 2.26. The third-order valence-electron chi connectivity index (χ3n) is 3.62. The van der Waals surface area contributed by atoms with Crippen molar-refractivity contribution in [2.75, 3.05) is 17.2 Å². The first kappa shape index (κ1) is 17.7. The highest BCUT2D eigenvalue weighted by molar-refractivity contribution is 5.48. The number of aromatic nitrogens is 2. The summed E-state index contributed by atoms with van der Waals surface area (Å²) in [5.41, 5.74) is 0.120. The molecule has 1 heterocycles. The van der Waals surface area contributed by atoms with Crippen LogP contribution in [0.3, 0.4) is 0 Å². The molecule has 1 rings (SSSR count). The topological polar surface area (TPSA) is 49.8 Å². The molecule has 4 nitrogen and oxygen atoms in total. The Balaban J connectivity index is 3.07. The summed E-state index contributed by atoms with van der Waals surface area (Å²) in [6, 6.07) is 2.34. The standard InChI is InChI=1S/C17H32N4/c1-9-10-18-13-11-14(19-12(2)16(3,4)5)21-15(20-13)17(6,7)8/h11-12H,9-10H2,1-8H3,(H2,18,19,20,21). The van der Waals surface area contributed by atoms with Crippen LogP contribution in [0, 0.1) is 5.41 Å². The Labute approximate surface area is 130 Å². The molecule has 0 radical (unpaired) electrons. The highest BCUT2D eigenvalue weighted by atomic mass is 15.1. The lowest BCUT2D eigenvalue weighted by molar-refractivity contribution is 0.358. The molecule has 0 aliphatic rings. The second-order valence-electron chi connectivity index (χ2n) is 7.87. The van der Waals surface area contributed by atoms with Crippen LogP contribution in [-0.4, -0.2) is 22.6 Å². The summed E-state index contributed by atoms with van der Waals surface area (Å²) in [7, 11) is 0. The van der Waals surface area contributed by atoms with E-state index in [0.717, 1.165) is 30.4 Å². The lowest BCUT2D eigenvalue weighted by atomic mass is 9.88. The number of hydrogen-bond acceptors (Lipinski definition) is 4. The first-order chi connectivity index (χ1) is 9.54. The third kappa shape index (κ3) is 5.52. The van der Waals surface area contributed by atoms with Crippen molar-refractivity contribution in [2.24, 2.45) is 5.41 Å². The molecule has 2 N–H and O–H groups in total. The molecule has 0 aliphatic heterocycles. The average molecular weight is 292 g/mol. The van der Waals surface area contributed by atoms with Gasteiger partial charge in [-0.3, -0.25) is 0 Å². The third-order valence-corrected chi connectivity index (χ3v) is 3.62. The Bertz CT molecular complexity index is 455. The van der Waals surface area contributed by atoms with Crippen LogP contribution in [0.1, 0.15) is 67.6 Å². The Kier molecular flexibility index (Phi) is 5.60. The minimum Gasteiger partial charge on any atom is -0.370 e. The molecule has 0 bridgehead atoms. The van der Waals surface area contributed by atoms with Crippen molar-refractivity contribution in [3.8, 4) is 0 Å². The molecule has 21 heavy (non-hydrogen) atoms. The van der Waals surface area contributed by atoms with Crippen molar-refractivity contribution in [3.05, 3.63) is 11.9 Å². The predicted molar refractivity (Wildman–Crippen MR) is 92.1 cm³/mol. The zero-order valence-electron chi connectivity index (χ0n) is 15.0. The molecule has 1 atom stereocenters. The summed E-state index contributed by atoms with van der Waals surface area (Å²) in [5, 5.41) is 6.89. The number of anilines is 2. The molecule has 0 saturated carbocycles. The van der Waals surface area contributed by atoms with Crippen molar-refractivity contribution >= 4 is 11.6 Å². The van der Waals surface area contributed by atoms with Crippen molar-refractivity contribution in [2.45, 2.75) is 73.3 Å². The van der Waals surface area contributed by atoms with Crippen LogP contribution >= 0.6 is 0 Å². The minimum atomic E-state index is -0.0642. The molecule has 0 saturated heterocycles. The van der Waals surface area contributed by atoms with Gasteiger partial charge >= 0.3 is 0 Å². The van der Waals surface area contributed by atoms with E-state index in [0.29, 0.717) is 6.04 Å². The van der Waals surface area contributed by atoms with Gasteiger partial charge in [-0.25, -0.2) is 9.97 Å². The zero-order chi connectivity index (χ0) is 16.3. The van der Waals surface area contributed by atoms with Crippen molar-refractivity contribution in [3.63, 3.8) is 0 Å². The minimum absolute atomic E-state index is 0.0642. The summed E-state index contributed by atoms with van der Waals surface area (Å²) in [6.07, 6.45) is 1.08. The molecule has 4 heteroatoms. The maximum atomic E-state index is 4.70. The first-order valence-corrected chi connectivity index (χ1v) is 7.94. The van der Waals surface area contributed by atoms with E-state index in [4.69, 9.17) is 4.98 Å². The van der Waals surface area contributed by atoms with Gasteiger partial charge in [0, 0.05) is 24.1 Å². The molecular weight excluding hydrogens is 260 g/mol. The molecule has 0 fully saturated rings. The molecule has 0 aliphatic carbocycles. The predicted octanol–water partition coefficient (Wildman–Crippen LogP) is 4.44. The van der Waals surface area contributed by atoms with E-state index in [1.165, 1.54) is 0 Å². The first-order valence-electron chi connectivity index (χ1n) is 7.94. The van der Waals surface area contributed by atoms with Gasteiger partial charge in [0.15, 0.2) is 0 Å². The van der Waals surface area contributed by atoms with E-state index in [2.05, 4.69) is 71.0 Å². The molecule has 1 aromatic heterocycles. The van der Waals surface area contributed by atoms with Crippen LogP contribution in [0.4, 0.5) is 11.6 Å². The quantitative estimate of drug-likeness (QED) is 0.842. The van der Waals surface area contributed by atoms with Crippen molar-refractivity contribution < 1.29 is 0 Å². The van der Waals surface area contributed by atoms with Gasteiger partial charge in [0.1, 0.15) is 17.5 Å². The molecule has 120 valence electrons. The van der Waals surface area contributed by atoms with Crippen LogP contribution in [0.25, 0.3) is 0 Å². The Morgan fingerprint density at radius 2 is 1.62 bits per heavy atom. The van der Waals surface area contributed by atoms with Crippen LogP contribution in [0.5, 0.6) is 0 Å². The van der Waals surface area contributed by atoms with Crippen LogP contribution in [0.2, 0.25) is 0 Å². The number of hydrogen-bond donors (Lipinski definition) is 2. The fraction of sp³-hybridized carbons (Fsp3) is 0.765. The van der Waals surface area contributed by atoms with Gasteiger partial charge in [-0.05, 0) is 18.8 Å². The monoisotopic (exact) mass is 292 g/mol. The van der Waals surface area contributed by atoms with Crippen LogP contribution in [0.15, 0.2) is 6.07 Å². The lowest BCUT2D eigenvalue weighted by Gasteiger charge is -2.29. The SMILES string of the molecule is CCCNc1cc(NC(C)C(C)(C)C)nc(C(C)(C)C)n1. The van der Waals surface area contributed by atoms with Gasteiger partial charge in [0.05, 0.1) is 0 Å². The largest absolute Gasteiger partial charge is 0.370 e. The van der Waals surface area contributed by atoms with Gasteiger partial charge in [0.2, 0.25) is 0 Å². The summed E-state index contributed by atoms with van der Waals surface area (Å²) in [5.74, 6) is 2.67. The molecule has 1 unspecified atom stereocenters. The smallest absolute Gasteiger partial charge is 0.138 e. The van der Waals surface area contributed by atoms with Gasteiger partial charge in [0.25, 0.3) is 0 Å². The molecule has 0 aromatic carbocycles. The summed E-state index contributed by atoms with van der Waals surface area (Å²) < 4.78 is 0. The van der Waals surface area contributed by atoms with E-state index in [-0.39, 0.29) is 10.8 Å². The van der Waals surface area contributed by atoms with Gasteiger partial charge < -0.3 is 10.6 Å². The normalized spacial score (nSPS) is 13.9. The van der Waals surface area contributed by atoms with E-state index in [1.807, 2.05) is 6.07 Å². The molecule has 0 spiro atoms. The maximum Gasteiger partial charge on any atom is 0.138 e. The Hall–Kier alpha value is -1.32. The van der Waals surface area contributed by atoms with Gasteiger partial charge in [-0.15, -0.1) is 0 Å². The fourth-order valence-corrected chi connectivity index (χ4v) is 1.64. The second-order valence-corrected chi connectivity index (χ2v) is 7.87. The second kappa shape index (κ2) is 6.63. The van der Waals surface area contributed by atoms with E-state index in [1.54, 1.807) is 0 Å². The number of nitrogens with zero attached hydrogens (tertiary/aromatic N) is 2. The highest BCUT2D eigenvalue weighted by Gasteiger charge is 2.23. The molecular formula is C17H32N4. The number of rotatable bonds is 5. The number of nitrogens with one attached hydrogen (secondary N) is 2. The summed E-state index contributed by atoms with van der Waals surface area (Å²) in [6.45, 7) is 18.4. The lowest BCUT2D eigenvalue weighted by Crippen LogP contribution is -2.31. The molecule has 0 amide bonds.